The maximum Gasteiger partial charge on any atom is 0.242 e. The number of carbonyl (C=O) groups excluding carboxylic acids is 1. The molecule has 23 heavy (non-hydrogen) atoms. The predicted molar refractivity (Wildman–Crippen MR) is 89.1 cm³/mol. The molecule has 0 bridgehead atoms. The Morgan fingerprint density at radius 3 is 2.52 bits per heavy atom. The number of nitrogens with zero attached hydrogens (tertiary/aromatic N) is 3. The van der Waals surface area contributed by atoms with Gasteiger partial charge in [0, 0.05) is 19.0 Å². The van der Waals surface area contributed by atoms with Crippen LogP contribution in [0.25, 0.3) is 11.0 Å². The number of aromatic nitrogens is 2. The molecule has 1 aromatic carbocycles. The average molecular weight is 335 g/mol. The van der Waals surface area contributed by atoms with Gasteiger partial charge in [-0.05, 0) is 12.1 Å². The number of benzene rings is 1. The molecule has 1 saturated heterocycles. The Morgan fingerprint density at radius 1 is 1.22 bits per heavy atom. The quantitative estimate of drug-likeness (QED) is 0.850. The van der Waals surface area contributed by atoms with Crippen LogP contribution in [0.5, 0.6) is 0 Å². The Hall–Kier alpha value is -1.89. The molecule has 3 rings (SSSR count). The zero-order valence-corrected chi connectivity index (χ0v) is 14.2. The summed E-state index contributed by atoms with van der Waals surface area (Å²) < 4.78 is 25.0. The molecule has 0 unspecified atom stereocenters. The van der Waals surface area contributed by atoms with Crippen molar-refractivity contribution in [2.24, 2.45) is 0 Å². The number of para-hydroxylation sites is 2. The Kier molecular flexibility index (Phi) is 4.14. The molecule has 1 aromatic heterocycles. The van der Waals surface area contributed by atoms with E-state index >= 15 is 0 Å². The first kappa shape index (κ1) is 16.0. The SMILES string of the molecule is CC(C)c1nc2ccccc2n1CC(=O)N1CCS(=O)(=O)CC1. The van der Waals surface area contributed by atoms with E-state index in [-0.39, 0.29) is 43.0 Å². The van der Waals surface area contributed by atoms with Crippen molar-refractivity contribution in [3.05, 3.63) is 30.1 Å². The van der Waals surface area contributed by atoms with E-state index in [1.807, 2.05) is 28.8 Å². The highest BCUT2D eigenvalue weighted by molar-refractivity contribution is 7.91. The van der Waals surface area contributed by atoms with E-state index in [4.69, 9.17) is 0 Å². The van der Waals surface area contributed by atoms with Crippen LogP contribution in [0.15, 0.2) is 24.3 Å². The lowest BCUT2D eigenvalue weighted by molar-refractivity contribution is -0.131. The Bertz CT molecular complexity index is 825. The number of hydrogen-bond acceptors (Lipinski definition) is 4. The van der Waals surface area contributed by atoms with Gasteiger partial charge in [-0.2, -0.15) is 0 Å². The van der Waals surface area contributed by atoms with E-state index < -0.39 is 9.84 Å². The molecule has 6 nitrogen and oxygen atoms in total. The second-order valence-corrected chi connectivity index (χ2v) is 8.54. The molecule has 0 N–H and O–H groups in total. The normalized spacial score (nSPS) is 17.8. The van der Waals surface area contributed by atoms with Crippen molar-refractivity contribution in [1.29, 1.82) is 0 Å². The maximum absolute atomic E-state index is 12.6. The maximum atomic E-state index is 12.6. The molecule has 1 amide bonds. The highest BCUT2D eigenvalue weighted by Crippen LogP contribution is 2.22. The van der Waals surface area contributed by atoms with Gasteiger partial charge < -0.3 is 9.47 Å². The summed E-state index contributed by atoms with van der Waals surface area (Å²) in [4.78, 5) is 18.8. The highest BCUT2D eigenvalue weighted by atomic mass is 32.2. The van der Waals surface area contributed by atoms with Crippen molar-refractivity contribution >= 4 is 26.8 Å². The van der Waals surface area contributed by atoms with Crippen molar-refractivity contribution in [3.8, 4) is 0 Å². The van der Waals surface area contributed by atoms with Crippen molar-refractivity contribution in [2.45, 2.75) is 26.3 Å². The lowest BCUT2D eigenvalue weighted by atomic mass is 10.2. The Balaban J connectivity index is 1.86. The average Bonchev–Trinajstić information content (AvgIpc) is 2.86. The molecule has 0 atom stereocenters. The number of rotatable bonds is 3. The van der Waals surface area contributed by atoms with Crippen LogP contribution >= 0.6 is 0 Å². The lowest BCUT2D eigenvalue weighted by Gasteiger charge is -2.27. The van der Waals surface area contributed by atoms with Gasteiger partial charge in [0.1, 0.15) is 12.4 Å². The largest absolute Gasteiger partial charge is 0.339 e. The molecule has 1 fully saturated rings. The predicted octanol–water partition coefficient (Wildman–Crippen LogP) is 1.42. The van der Waals surface area contributed by atoms with Gasteiger partial charge in [0.05, 0.1) is 22.5 Å². The van der Waals surface area contributed by atoms with Crippen LogP contribution in [0.3, 0.4) is 0 Å². The number of sulfone groups is 1. The van der Waals surface area contributed by atoms with Crippen molar-refractivity contribution in [1.82, 2.24) is 14.5 Å². The molecule has 0 spiro atoms. The number of amides is 1. The van der Waals surface area contributed by atoms with E-state index in [2.05, 4.69) is 18.8 Å². The third-order valence-electron chi connectivity index (χ3n) is 4.19. The van der Waals surface area contributed by atoms with Crippen molar-refractivity contribution < 1.29 is 13.2 Å². The molecule has 2 aromatic rings. The van der Waals surface area contributed by atoms with E-state index in [0.29, 0.717) is 0 Å². The fourth-order valence-corrected chi connectivity index (χ4v) is 4.10. The first-order valence-corrected chi connectivity index (χ1v) is 9.63. The van der Waals surface area contributed by atoms with Crippen LogP contribution in [-0.2, 0) is 21.2 Å². The van der Waals surface area contributed by atoms with E-state index in [0.717, 1.165) is 16.9 Å². The third-order valence-corrected chi connectivity index (χ3v) is 5.80. The van der Waals surface area contributed by atoms with Gasteiger partial charge in [-0.25, -0.2) is 13.4 Å². The lowest BCUT2D eigenvalue weighted by Crippen LogP contribution is -2.45. The molecular weight excluding hydrogens is 314 g/mol. The van der Waals surface area contributed by atoms with Crippen LogP contribution in [0.1, 0.15) is 25.6 Å². The minimum Gasteiger partial charge on any atom is -0.339 e. The van der Waals surface area contributed by atoms with Crippen LogP contribution < -0.4 is 0 Å². The molecule has 0 radical (unpaired) electrons. The van der Waals surface area contributed by atoms with Crippen molar-refractivity contribution in [3.63, 3.8) is 0 Å². The second kappa shape index (κ2) is 5.96. The van der Waals surface area contributed by atoms with Crippen LogP contribution in [0.4, 0.5) is 0 Å². The summed E-state index contributed by atoms with van der Waals surface area (Å²) in [6, 6.07) is 7.77. The van der Waals surface area contributed by atoms with E-state index in [1.165, 1.54) is 0 Å². The van der Waals surface area contributed by atoms with E-state index in [9.17, 15) is 13.2 Å². The summed E-state index contributed by atoms with van der Waals surface area (Å²) in [6.45, 7) is 4.87. The number of fused-ring (bicyclic) bond motifs is 1. The summed E-state index contributed by atoms with van der Waals surface area (Å²) in [5, 5.41) is 0. The zero-order chi connectivity index (χ0) is 16.6. The fourth-order valence-electron chi connectivity index (χ4n) is 2.90. The topological polar surface area (TPSA) is 72.3 Å². The molecule has 1 aliphatic rings. The number of imidazole rings is 1. The Morgan fingerprint density at radius 2 is 1.87 bits per heavy atom. The third kappa shape index (κ3) is 3.24. The molecule has 0 saturated carbocycles. The molecular formula is C16H21N3O3S. The molecule has 1 aliphatic heterocycles. The molecule has 124 valence electrons. The van der Waals surface area contributed by atoms with Gasteiger partial charge in [-0.15, -0.1) is 0 Å². The van der Waals surface area contributed by atoms with Gasteiger partial charge in [0.15, 0.2) is 9.84 Å². The van der Waals surface area contributed by atoms with Gasteiger partial charge in [-0.3, -0.25) is 4.79 Å². The van der Waals surface area contributed by atoms with E-state index in [1.54, 1.807) is 4.90 Å². The number of carbonyl (C=O) groups is 1. The van der Waals surface area contributed by atoms with Gasteiger partial charge in [0.2, 0.25) is 5.91 Å². The van der Waals surface area contributed by atoms with Crippen molar-refractivity contribution in [2.75, 3.05) is 24.6 Å². The monoisotopic (exact) mass is 335 g/mol. The van der Waals surface area contributed by atoms with Gasteiger partial charge in [-0.1, -0.05) is 26.0 Å². The molecule has 7 heteroatoms. The smallest absolute Gasteiger partial charge is 0.242 e. The summed E-state index contributed by atoms with van der Waals surface area (Å²) >= 11 is 0. The highest BCUT2D eigenvalue weighted by Gasteiger charge is 2.26. The summed E-state index contributed by atoms with van der Waals surface area (Å²) in [5.74, 6) is 1.15. The summed E-state index contributed by atoms with van der Waals surface area (Å²) in [7, 11) is -2.98. The minimum absolute atomic E-state index is 0.0510. The summed E-state index contributed by atoms with van der Waals surface area (Å²) in [6.07, 6.45) is 0. The van der Waals surface area contributed by atoms with Gasteiger partial charge in [0.25, 0.3) is 0 Å². The summed E-state index contributed by atoms with van der Waals surface area (Å²) in [5.41, 5.74) is 1.82. The number of hydrogen-bond donors (Lipinski definition) is 0. The minimum atomic E-state index is -2.98. The molecule has 0 aliphatic carbocycles. The first-order chi connectivity index (χ1) is 10.9. The fraction of sp³-hybridized carbons (Fsp3) is 0.500. The molecule has 2 heterocycles. The Labute approximate surface area is 136 Å². The zero-order valence-electron chi connectivity index (χ0n) is 13.4. The second-order valence-electron chi connectivity index (χ2n) is 6.23. The van der Waals surface area contributed by atoms with Crippen LogP contribution in [-0.4, -0.2) is 53.4 Å². The van der Waals surface area contributed by atoms with Crippen LogP contribution in [0, 0.1) is 0 Å². The van der Waals surface area contributed by atoms with Crippen LogP contribution in [0.2, 0.25) is 0 Å². The van der Waals surface area contributed by atoms with Gasteiger partial charge >= 0.3 is 0 Å². The standard InChI is InChI=1S/C16H21N3O3S/c1-12(2)16-17-13-5-3-4-6-14(13)19(16)11-15(20)18-7-9-23(21,22)10-8-18/h3-6,12H,7-11H2,1-2H3. The first-order valence-electron chi connectivity index (χ1n) is 7.81.